The van der Waals surface area contributed by atoms with Crippen molar-refractivity contribution in [1.29, 1.82) is 0 Å². The quantitative estimate of drug-likeness (QED) is 0.744. The second kappa shape index (κ2) is 5.41. The van der Waals surface area contributed by atoms with Gasteiger partial charge in [0.25, 0.3) is 0 Å². The number of nitrogens with two attached hydrogens (primary N) is 1. The summed E-state index contributed by atoms with van der Waals surface area (Å²) < 4.78 is 10.1. The molecule has 0 bridgehead atoms. The predicted molar refractivity (Wildman–Crippen MR) is 56.3 cm³/mol. The second-order valence-corrected chi connectivity index (χ2v) is 4.13. The number of ether oxygens (including phenoxy) is 2. The van der Waals surface area contributed by atoms with Crippen LogP contribution in [0.2, 0.25) is 0 Å². The van der Waals surface area contributed by atoms with Gasteiger partial charge in [0, 0.05) is 26.0 Å². The number of thiazole rings is 1. The van der Waals surface area contributed by atoms with Gasteiger partial charge in [0.1, 0.15) is 0 Å². The van der Waals surface area contributed by atoms with Crippen LogP contribution in [0.1, 0.15) is 10.7 Å². The molecule has 14 heavy (non-hydrogen) atoms. The van der Waals surface area contributed by atoms with E-state index in [4.69, 9.17) is 15.2 Å². The van der Waals surface area contributed by atoms with E-state index in [0.29, 0.717) is 6.42 Å². The maximum absolute atomic E-state index is 5.89. The highest BCUT2D eigenvalue weighted by Crippen LogP contribution is 2.11. The van der Waals surface area contributed by atoms with Crippen molar-refractivity contribution in [3.8, 4) is 0 Å². The maximum atomic E-state index is 5.89. The van der Waals surface area contributed by atoms with Crippen LogP contribution in [-0.4, -0.2) is 31.5 Å². The van der Waals surface area contributed by atoms with Crippen molar-refractivity contribution >= 4 is 11.3 Å². The molecule has 5 heteroatoms. The summed E-state index contributed by atoms with van der Waals surface area (Å²) in [7, 11) is 3.17. The third-order valence-electron chi connectivity index (χ3n) is 1.93. The molecule has 0 saturated heterocycles. The van der Waals surface area contributed by atoms with Gasteiger partial charge in [0.05, 0.1) is 16.7 Å². The smallest absolute Gasteiger partial charge is 0.172 e. The van der Waals surface area contributed by atoms with E-state index < -0.39 is 0 Å². The molecule has 1 unspecified atom stereocenters. The standard InChI is InChI=1S/C9H16N2O2S/c1-6-11-7(5-14-6)4-8(10)9(12-2)13-3/h5,8-9H,4,10H2,1-3H3. The summed E-state index contributed by atoms with van der Waals surface area (Å²) in [5.41, 5.74) is 6.89. The molecule has 0 amide bonds. The second-order valence-electron chi connectivity index (χ2n) is 3.07. The molecule has 0 aromatic carbocycles. The molecule has 1 atom stereocenters. The SMILES string of the molecule is COC(OC)C(N)Cc1csc(C)n1. The lowest BCUT2D eigenvalue weighted by Crippen LogP contribution is -2.39. The Hall–Kier alpha value is -0.490. The van der Waals surface area contributed by atoms with Gasteiger partial charge in [-0.3, -0.25) is 0 Å². The molecule has 4 nitrogen and oxygen atoms in total. The molecule has 0 aliphatic rings. The molecule has 0 aliphatic carbocycles. The summed E-state index contributed by atoms with van der Waals surface area (Å²) >= 11 is 1.63. The molecule has 0 radical (unpaired) electrons. The monoisotopic (exact) mass is 216 g/mol. The lowest BCUT2D eigenvalue weighted by molar-refractivity contribution is -0.116. The Morgan fingerprint density at radius 2 is 2.14 bits per heavy atom. The summed E-state index contributed by atoms with van der Waals surface area (Å²) in [6.45, 7) is 1.98. The van der Waals surface area contributed by atoms with Crippen LogP contribution in [0.4, 0.5) is 0 Å². The molecule has 80 valence electrons. The number of hydrogen-bond acceptors (Lipinski definition) is 5. The number of aryl methyl sites for hydroxylation is 1. The largest absolute Gasteiger partial charge is 0.354 e. The average molecular weight is 216 g/mol. The van der Waals surface area contributed by atoms with Crippen LogP contribution in [-0.2, 0) is 15.9 Å². The van der Waals surface area contributed by atoms with Crippen molar-refractivity contribution in [3.05, 3.63) is 16.1 Å². The lowest BCUT2D eigenvalue weighted by atomic mass is 10.2. The van der Waals surface area contributed by atoms with Crippen molar-refractivity contribution in [3.63, 3.8) is 0 Å². The minimum Gasteiger partial charge on any atom is -0.354 e. The normalized spacial score (nSPS) is 13.5. The maximum Gasteiger partial charge on any atom is 0.172 e. The summed E-state index contributed by atoms with van der Waals surface area (Å²) in [6.07, 6.45) is 0.313. The van der Waals surface area contributed by atoms with Crippen LogP contribution in [0, 0.1) is 6.92 Å². The molecule has 0 fully saturated rings. The number of rotatable bonds is 5. The Labute approximate surface area is 88.0 Å². The summed E-state index contributed by atoms with van der Waals surface area (Å²) in [4.78, 5) is 4.33. The van der Waals surface area contributed by atoms with Crippen molar-refractivity contribution in [2.45, 2.75) is 25.7 Å². The topological polar surface area (TPSA) is 57.4 Å². The first kappa shape index (κ1) is 11.6. The lowest BCUT2D eigenvalue weighted by Gasteiger charge is -2.19. The Kier molecular flexibility index (Phi) is 4.47. The number of hydrogen-bond donors (Lipinski definition) is 1. The Morgan fingerprint density at radius 3 is 2.57 bits per heavy atom. The number of nitrogens with zero attached hydrogens (tertiary/aromatic N) is 1. The fraction of sp³-hybridized carbons (Fsp3) is 0.667. The molecule has 1 rings (SSSR count). The minimum atomic E-state index is -0.364. The van der Waals surface area contributed by atoms with E-state index in [1.165, 1.54) is 0 Å². The van der Waals surface area contributed by atoms with Crippen LogP contribution in [0.25, 0.3) is 0 Å². The van der Waals surface area contributed by atoms with Crippen molar-refractivity contribution in [2.24, 2.45) is 5.73 Å². The first-order valence-electron chi connectivity index (χ1n) is 4.39. The molecule has 0 spiro atoms. The van der Waals surface area contributed by atoms with E-state index in [1.807, 2.05) is 12.3 Å². The minimum absolute atomic E-state index is 0.175. The van der Waals surface area contributed by atoms with Crippen LogP contribution in [0.5, 0.6) is 0 Å². The highest BCUT2D eigenvalue weighted by atomic mass is 32.1. The van der Waals surface area contributed by atoms with E-state index in [0.717, 1.165) is 10.7 Å². The Morgan fingerprint density at radius 1 is 1.50 bits per heavy atom. The Bertz CT molecular complexity index is 274. The van der Waals surface area contributed by atoms with E-state index in [9.17, 15) is 0 Å². The molecule has 0 saturated carbocycles. The fourth-order valence-corrected chi connectivity index (χ4v) is 1.91. The summed E-state index contributed by atoms with van der Waals surface area (Å²) in [6, 6.07) is -0.175. The third kappa shape index (κ3) is 3.02. The van der Waals surface area contributed by atoms with Gasteiger partial charge in [-0.15, -0.1) is 11.3 Å². The van der Waals surface area contributed by atoms with Gasteiger partial charge in [0.15, 0.2) is 6.29 Å². The molecular weight excluding hydrogens is 200 g/mol. The van der Waals surface area contributed by atoms with Crippen molar-refractivity contribution in [1.82, 2.24) is 4.98 Å². The molecular formula is C9H16N2O2S. The van der Waals surface area contributed by atoms with Crippen LogP contribution < -0.4 is 5.73 Å². The van der Waals surface area contributed by atoms with Gasteiger partial charge in [-0.05, 0) is 6.92 Å². The first-order valence-corrected chi connectivity index (χ1v) is 5.27. The van der Waals surface area contributed by atoms with Gasteiger partial charge >= 0.3 is 0 Å². The molecule has 2 N–H and O–H groups in total. The Balaban J connectivity index is 2.51. The highest BCUT2D eigenvalue weighted by molar-refractivity contribution is 7.09. The number of methoxy groups -OCH3 is 2. The van der Waals surface area contributed by atoms with Crippen molar-refractivity contribution in [2.75, 3.05) is 14.2 Å². The fourth-order valence-electron chi connectivity index (χ4n) is 1.29. The molecule has 0 aliphatic heterocycles. The van der Waals surface area contributed by atoms with Crippen molar-refractivity contribution < 1.29 is 9.47 Å². The van der Waals surface area contributed by atoms with Gasteiger partial charge in [0.2, 0.25) is 0 Å². The van der Waals surface area contributed by atoms with Crippen LogP contribution in [0.15, 0.2) is 5.38 Å². The molecule has 1 aromatic heterocycles. The zero-order chi connectivity index (χ0) is 10.6. The zero-order valence-electron chi connectivity index (χ0n) is 8.69. The van der Waals surface area contributed by atoms with Gasteiger partial charge in [-0.1, -0.05) is 0 Å². The van der Waals surface area contributed by atoms with Crippen LogP contribution >= 0.6 is 11.3 Å². The van der Waals surface area contributed by atoms with E-state index in [-0.39, 0.29) is 12.3 Å². The van der Waals surface area contributed by atoms with E-state index in [1.54, 1.807) is 25.6 Å². The van der Waals surface area contributed by atoms with Gasteiger partial charge in [-0.2, -0.15) is 0 Å². The van der Waals surface area contributed by atoms with Gasteiger partial charge < -0.3 is 15.2 Å². The molecule has 1 heterocycles. The first-order chi connectivity index (χ1) is 6.67. The zero-order valence-corrected chi connectivity index (χ0v) is 9.50. The highest BCUT2D eigenvalue weighted by Gasteiger charge is 2.17. The third-order valence-corrected chi connectivity index (χ3v) is 2.75. The average Bonchev–Trinajstić information content (AvgIpc) is 2.53. The van der Waals surface area contributed by atoms with Crippen LogP contribution in [0.3, 0.4) is 0 Å². The number of aromatic nitrogens is 1. The molecule has 1 aromatic rings. The van der Waals surface area contributed by atoms with E-state index in [2.05, 4.69) is 4.98 Å². The summed E-state index contributed by atoms with van der Waals surface area (Å²) in [5, 5.41) is 3.07. The van der Waals surface area contributed by atoms with Gasteiger partial charge in [-0.25, -0.2) is 4.98 Å². The van der Waals surface area contributed by atoms with E-state index >= 15 is 0 Å². The summed E-state index contributed by atoms with van der Waals surface area (Å²) in [5.74, 6) is 0. The predicted octanol–water partition coefficient (Wildman–Crippen LogP) is 0.940.